The molecule has 1 saturated carbocycles. The van der Waals surface area contributed by atoms with Gasteiger partial charge in [0.2, 0.25) is 0 Å². The van der Waals surface area contributed by atoms with Crippen LogP contribution in [0.2, 0.25) is 0 Å². The van der Waals surface area contributed by atoms with Crippen LogP contribution in [-0.2, 0) is 4.79 Å². The minimum Gasteiger partial charge on any atom is -0.497 e. The summed E-state index contributed by atoms with van der Waals surface area (Å²) in [5.41, 5.74) is 1.24. The van der Waals surface area contributed by atoms with Gasteiger partial charge >= 0.3 is 0 Å². The third kappa shape index (κ3) is 3.38. The predicted octanol–water partition coefficient (Wildman–Crippen LogP) is 2.33. The molecule has 0 amide bonds. The molecule has 0 N–H and O–H groups in total. The average Bonchev–Trinajstić information content (AvgIpc) is 2.56. The number of carbonyl (C=O) groups excluding carboxylic acids is 1. The number of ether oxygens (including phenoxy) is 1. The number of hydrogen-bond acceptors (Lipinski definition) is 4. The van der Waals surface area contributed by atoms with Crippen LogP contribution in [0.1, 0.15) is 25.7 Å². The first-order valence-corrected chi connectivity index (χ1v) is 7.91. The summed E-state index contributed by atoms with van der Waals surface area (Å²) in [6.07, 6.45) is 3.66. The molecule has 0 spiro atoms. The number of nitrogens with zero attached hydrogens (tertiary/aromatic N) is 2. The van der Waals surface area contributed by atoms with Crippen LogP contribution in [0.25, 0.3) is 0 Å². The van der Waals surface area contributed by atoms with Crippen LogP contribution in [0.5, 0.6) is 5.75 Å². The first kappa shape index (κ1) is 14.4. The van der Waals surface area contributed by atoms with E-state index in [4.69, 9.17) is 4.74 Å². The molecule has 114 valence electrons. The molecule has 1 aromatic rings. The molecule has 3 rings (SSSR count). The van der Waals surface area contributed by atoms with Gasteiger partial charge in [0, 0.05) is 56.8 Å². The number of ketones is 1. The van der Waals surface area contributed by atoms with Crippen LogP contribution < -0.4 is 9.64 Å². The Hall–Kier alpha value is -1.55. The SMILES string of the molecule is COc1cccc(N2CCN(C3CCC(=O)CC3)CC2)c1. The van der Waals surface area contributed by atoms with E-state index in [2.05, 4.69) is 21.9 Å². The summed E-state index contributed by atoms with van der Waals surface area (Å²) < 4.78 is 5.30. The molecule has 2 aliphatic rings. The van der Waals surface area contributed by atoms with Crippen molar-refractivity contribution in [3.63, 3.8) is 0 Å². The second-order valence-corrected chi connectivity index (χ2v) is 5.99. The van der Waals surface area contributed by atoms with Gasteiger partial charge in [-0.3, -0.25) is 9.69 Å². The molecule has 1 heterocycles. The molecule has 4 nitrogen and oxygen atoms in total. The summed E-state index contributed by atoms with van der Waals surface area (Å²) >= 11 is 0. The largest absolute Gasteiger partial charge is 0.497 e. The van der Waals surface area contributed by atoms with Gasteiger partial charge in [-0.25, -0.2) is 0 Å². The van der Waals surface area contributed by atoms with Gasteiger partial charge in [0.15, 0.2) is 0 Å². The number of anilines is 1. The van der Waals surface area contributed by atoms with Gasteiger partial charge in [-0.05, 0) is 25.0 Å². The van der Waals surface area contributed by atoms with Gasteiger partial charge in [-0.1, -0.05) is 6.07 Å². The molecular formula is C17H24N2O2. The fourth-order valence-electron chi connectivity index (χ4n) is 3.44. The molecular weight excluding hydrogens is 264 g/mol. The van der Waals surface area contributed by atoms with E-state index in [0.717, 1.165) is 57.6 Å². The average molecular weight is 288 g/mol. The van der Waals surface area contributed by atoms with Gasteiger partial charge < -0.3 is 9.64 Å². The summed E-state index contributed by atoms with van der Waals surface area (Å²) in [4.78, 5) is 16.3. The van der Waals surface area contributed by atoms with E-state index < -0.39 is 0 Å². The van der Waals surface area contributed by atoms with E-state index in [-0.39, 0.29) is 0 Å². The zero-order chi connectivity index (χ0) is 14.7. The third-order valence-corrected chi connectivity index (χ3v) is 4.76. The maximum atomic E-state index is 11.4. The Morgan fingerprint density at radius 1 is 1.10 bits per heavy atom. The molecule has 1 aliphatic carbocycles. The molecule has 21 heavy (non-hydrogen) atoms. The highest BCUT2D eigenvalue weighted by atomic mass is 16.5. The van der Waals surface area contributed by atoms with Crippen molar-refractivity contribution in [2.75, 3.05) is 38.2 Å². The number of methoxy groups -OCH3 is 1. The van der Waals surface area contributed by atoms with Crippen LogP contribution in [0, 0.1) is 0 Å². The Labute approximate surface area is 126 Å². The Kier molecular flexibility index (Phi) is 4.44. The van der Waals surface area contributed by atoms with Crippen molar-refractivity contribution in [2.24, 2.45) is 0 Å². The Morgan fingerprint density at radius 3 is 2.48 bits per heavy atom. The van der Waals surface area contributed by atoms with Crippen molar-refractivity contribution < 1.29 is 9.53 Å². The number of Topliss-reactive ketones (excluding diaryl/α,β-unsaturated/α-hetero) is 1. The van der Waals surface area contributed by atoms with E-state index in [9.17, 15) is 4.79 Å². The Morgan fingerprint density at radius 2 is 1.81 bits per heavy atom. The normalized spacial score (nSPS) is 21.6. The molecule has 0 aromatic heterocycles. The maximum Gasteiger partial charge on any atom is 0.133 e. The number of benzene rings is 1. The maximum absolute atomic E-state index is 11.4. The monoisotopic (exact) mass is 288 g/mol. The summed E-state index contributed by atoms with van der Waals surface area (Å²) in [6, 6.07) is 8.91. The Balaban J connectivity index is 1.56. The van der Waals surface area contributed by atoms with E-state index >= 15 is 0 Å². The molecule has 4 heteroatoms. The first-order chi connectivity index (χ1) is 10.3. The number of hydrogen-bond donors (Lipinski definition) is 0. The standard InChI is InChI=1S/C17H24N2O2/c1-21-17-4-2-3-15(13-17)19-11-9-18(10-12-19)14-5-7-16(20)8-6-14/h2-4,13-14H,5-12H2,1H3. The predicted molar refractivity (Wildman–Crippen MR) is 84.0 cm³/mol. The zero-order valence-electron chi connectivity index (χ0n) is 12.8. The fourth-order valence-corrected chi connectivity index (χ4v) is 3.44. The lowest BCUT2D eigenvalue weighted by Crippen LogP contribution is -2.51. The van der Waals surface area contributed by atoms with E-state index in [1.54, 1.807) is 7.11 Å². The topological polar surface area (TPSA) is 32.8 Å². The minimum absolute atomic E-state index is 0.446. The van der Waals surface area contributed by atoms with Crippen molar-refractivity contribution in [3.8, 4) is 5.75 Å². The molecule has 0 unspecified atom stereocenters. The second-order valence-electron chi connectivity index (χ2n) is 5.99. The number of carbonyl (C=O) groups is 1. The molecule has 1 saturated heterocycles. The molecule has 1 aromatic carbocycles. The Bertz CT molecular complexity index is 485. The summed E-state index contributed by atoms with van der Waals surface area (Å²) in [7, 11) is 1.71. The lowest BCUT2D eigenvalue weighted by Gasteiger charge is -2.41. The molecule has 0 radical (unpaired) electrons. The van der Waals surface area contributed by atoms with Crippen LogP contribution in [0.3, 0.4) is 0 Å². The van der Waals surface area contributed by atoms with Gasteiger partial charge in [0.25, 0.3) is 0 Å². The molecule has 1 aliphatic heterocycles. The van der Waals surface area contributed by atoms with Crippen molar-refractivity contribution in [3.05, 3.63) is 24.3 Å². The minimum atomic E-state index is 0.446. The lowest BCUT2D eigenvalue weighted by atomic mass is 9.93. The molecule has 2 fully saturated rings. The number of rotatable bonds is 3. The second kappa shape index (κ2) is 6.48. The van der Waals surface area contributed by atoms with Crippen molar-refractivity contribution in [1.82, 2.24) is 4.90 Å². The van der Waals surface area contributed by atoms with E-state index in [1.807, 2.05) is 12.1 Å². The van der Waals surface area contributed by atoms with Crippen LogP contribution >= 0.6 is 0 Å². The van der Waals surface area contributed by atoms with Gasteiger partial charge in [0.1, 0.15) is 11.5 Å². The van der Waals surface area contributed by atoms with Crippen molar-refractivity contribution >= 4 is 11.5 Å². The van der Waals surface area contributed by atoms with Gasteiger partial charge in [0.05, 0.1) is 7.11 Å². The van der Waals surface area contributed by atoms with Crippen molar-refractivity contribution in [2.45, 2.75) is 31.7 Å². The third-order valence-electron chi connectivity index (χ3n) is 4.76. The van der Waals surface area contributed by atoms with Crippen molar-refractivity contribution in [1.29, 1.82) is 0 Å². The first-order valence-electron chi connectivity index (χ1n) is 7.91. The van der Waals surface area contributed by atoms with Crippen LogP contribution in [0.4, 0.5) is 5.69 Å². The van der Waals surface area contributed by atoms with E-state index in [1.165, 1.54) is 5.69 Å². The van der Waals surface area contributed by atoms with Crippen LogP contribution in [-0.4, -0.2) is 50.0 Å². The van der Waals surface area contributed by atoms with Crippen LogP contribution in [0.15, 0.2) is 24.3 Å². The highest BCUT2D eigenvalue weighted by molar-refractivity contribution is 5.79. The summed E-state index contributed by atoms with van der Waals surface area (Å²) in [5.74, 6) is 1.36. The number of piperazine rings is 1. The smallest absolute Gasteiger partial charge is 0.133 e. The summed E-state index contributed by atoms with van der Waals surface area (Å²) in [6.45, 7) is 4.29. The fraction of sp³-hybridized carbons (Fsp3) is 0.588. The zero-order valence-corrected chi connectivity index (χ0v) is 12.8. The van der Waals surface area contributed by atoms with E-state index in [0.29, 0.717) is 11.8 Å². The quantitative estimate of drug-likeness (QED) is 0.854. The van der Waals surface area contributed by atoms with Gasteiger partial charge in [-0.15, -0.1) is 0 Å². The highest BCUT2D eigenvalue weighted by Crippen LogP contribution is 2.25. The molecule has 0 bridgehead atoms. The lowest BCUT2D eigenvalue weighted by molar-refractivity contribution is -0.121. The molecule has 0 atom stereocenters. The highest BCUT2D eigenvalue weighted by Gasteiger charge is 2.27. The summed E-state index contributed by atoms with van der Waals surface area (Å²) in [5, 5.41) is 0. The van der Waals surface area contributed by atoms with Gasteiger partial charge in [-0.2, -0.15) is 0 Å².